The van der Waals surface area contributed by atoms with E-state index in [2.05, 4.69) is 33.2 Å². The van der Waals surface area contributed by atoms with Gasteiger partial charge >= 0.3 is 0 Å². The second-order valence-corrected chi connectivity index (χ2v) is 5.49. The summed E-state index contributed by atoms with van der Waals surface area (Å²) in [6, 6.07) is 5.34. The fourth-order valence-electron chi connectivity index (χ4n) is 2.26. The van der Waals surface area contributed by atoms with Gasteiger partial charge in [-0.15, -0.1) is 0 Å². The van der Waals surface area contributed by atoms with E-state index in [1.807, 2.05) is 0 Å². The molecule has 0 aliphatic carbocycles. The van der Waals surface area contributed by atoms with E-state index in [9.17, 15) is 4.39 Å². The van der Waals surface area contributed by atoms with Gasteiger partial charge in [-0.05, 0) is 60.6 Å². The van der Waals surface area contributed by atoms with E-state index < -0.39 is 0 Å². The maximum Gasteiger partial charge on any atom is 0.124 e. The lowest BCUT2D eigenvalue weighted by Crippen LogP contribution is -2.40. The van der Waals surface area contributed by atoms with Crippen molar-refractivity contribution in [3.05, 3.63) is 28.5 Å². The molecule has 2 rings (SSSR count). The molecule has 1 aromatic carbocycles. The lowest BCUT2D eigenvalue weighted by atomic mass is 10.0. The molecular formula is C13H18BrFN2. The number of halogens is 2. The quantitative estimate of drug-likeness (QED) is 0.919. The molecule has 1 saturated heterocycles. The van der Waals surface area contributed by atoms with E-state index in [1.165, 1.54) is 37.9 Å². The third kappa shape index (κ3) is 3.42. The first kappa shape index (κ1) is 12.8. The van der Waals surface area contributed by atoms with E-state index in [4.69, 9.17) is 0 Å². The monoisotopic (exact) mass is 300 g/mol. The second kappa shape index (κ2) is 5.83. The van der Waals surface area contributed by atoms with Gasteiger partial charge in [0.15, 0.2) is 0 Å². The summed E-state index contributed by atoms with van der Waals surface area (Å²) in [7, 11) is 2.17. The molecule has 2 nitrogen and oxygen atoms in total. The molecule has 0 radical (unpaired) electrons. The number of anilines is 1. The molecule has 94 valence electrons. The number of benzene rings is 1. The first-order chi connectivity index (χ1) is 8.16. The third-order valence-corrected chi connectivity index (χ3v) is 4.04. The summed E-state index contributed by atoms with van der Waals surface area (Å²) in [6.45, 7) is 2.09. The van der Waals surface area contributed by atoms with Gasteiger partial charge in [0.1, 0.15) is 5.82 Å². The number of likely N-dealkylation sites (N-methyl/N-ethyl adjacent to an activating group) is 1. The standard InChI is InChI=1S/C13H18BrFN2/c1-17-7-3-2-4-11(17)9-16-13-6-5-10(15)8-12(13)14/h5-6,8,11,16H,2-4,7,9H2,1H3. The molecule has 0 bridgehead atoms. The topological polar surface area (TPSA) is 15.3 Å². The number of piperidine rings is 1. The van der Waals surface area contributed by atoms with Crippen LogP contribution in [0.2, 0.25) is 0 Å². The van der Waals surface area contributed by atoms with Crippen molar-refractivity contribution < 1.29 is 4.39 Å². The lowest BCUT2D eigenvalue weighted by Gasteiger charge is -2.32. The molecule has 0 aromatic heterocycles. The largest absolute Gasteiger partial charge is 0.383 e. The highest BCUT2D eigenvalue weighted by Gasteiger charge is 2.18. The fourth-order valence-corrected chi connectivity index (χ4v) is 2.75. The Morgan fingerprint density at radius 3 is 3.00 bits per heavy atom. The molecule has 1 aromatic rings. The molecular weight excluding hydrogens is 283 g/mol. The average Bonchev–Trinajstić information content (AvgIpc) is 2.30. The van der Waals surface area contributed by atoms with E-state index in [1.54, 1.807) is 6.07 Å². The Labute approximate surface area is 110 Å². The first-order valence-electron chi connectivity index (χ1n) is 6.06. The minimum Gasteiger partial charge on any atom is -0.383 e. The zero-order valence-electron chi connectivity index (χ0n) is 10.0. The summed E-state index contributed by atoms with van der Waals surface area (Å²) >= 11 is 3.37. The van der Waals surface area contributed by atoms with Crippen LogP contribution in [0.25, 0.3) is 0 Å². The number of likely N-dealkylation sites (tertiary alicyclic amines) is 1. The minimum atomic E-state index is -0.211. The summed E-state index contributed by atoms with van der Waals surface area (Å²) in [5.41, 5.74) is 0.963. The molecule has 1 aliphatic rings. The fraction of sp³-hybridized carbons (Fsp3) is 0.538. The van der Waals surface area contributed by atoms with Crippen molar-refractivity contribution in [1.29, 1.82) is 0 Å². The Morgan fingerprint density at radius 2 is 2.29 bits per heavy atom. The second-order valence-electron chi connectivity index (χ2n) is 4.64. The normalized spacial score (nSPS) is 21.5. The SMILES string of the molecule is CN1CCCCC1CNc1ccc(F)cc1Br. The Morgan fingerprint density at radius 1 is 1.47 bits per heavy atom. The molecule has 17 heavy (non-hydrogen) atoms. The smallest absolute Gasteiger partial charge is 0.124 e. The van der Waals surface area contributed by atoms with Crippen LogP contribution in [0.1, 0.15) is 19.3 Å². The first-order valence-corrected chi connectivity index (χ1v) is 6.85. The molecule has 0 saturated carbocycles. The van der Waals surface area contributed by atoms with Crippen molar-refractivity contribution in [3.63, 3.8) is 0 Å². The number of rotatable bonds is 3. The molecule has 4 heteroatoms. The third-order valence-electron chi connectivity index (χ3n) is 3.38. The molecule has 1 atom stereocenters. The van der Waals surface area contributed by atoms with Crippen molar-refractivity contribution in [2.45, 2.75) is 25.3 Å². The van der Waals surface area contributed by atoms with Crippen molar-refractivity contribution in [3.8, 4) is 0 Å². The minimum absolute atomic E-state index is 0.211. The number of hydrogen-bond donors (Lipinski definition) is 1. The van der Waals surface area contributed by atoms with Gasteiger partial charge in [-0.2, -0.15) is 0 Å². The van der Waals surface area contributed by atoms with E-state index >= 15 is 0 Å². The van der Waals surface area contributed by atoms with Crippen LogP contribution < -0.4 is 5.32 Å². The number of nitrogens with zero attached hydrogens (tertiary/aromatic N) is 1. The Bertz CT molecular complexity index is 384. The molecule has 1 heterocycles. The highest BCUT2D eigenvalue weighted by atomic mass is 79.9. The van der Waals surface area contributed by atoms with Gasteiger partial charge in [0.05, 0.1) is 0 Å². The molecule has 0 amide bonds. The van der Waals surface area contributed by atoms with Crippen molar-refractivity contribution in [2.24, 2.45) is 0 Å². The van der Waals surface area contributed by atoms with Crippen molar-refractivity contribution in [1.82, 2.24) is 4.90 Å². The highest BCUT2D eigenvalue weighted by Crippen LogP contribution is 2.24. The summed E-state index contributed by atoms with van der Waals surface area (Å²) in [6.07, 6.45) is 3.84. The van der Waals surface area contributed by atoms with Gasteiger partial charge < -0.3 is 10.2 Å². The van der Waals surface area contributed by atoms with Crippen LogP contribution in [0, 0.1) is 5.82 Å². The Kier molecular flexibility index (Phi) is 4.40. The van der Waals surface area contributed by atoms with E-state index in [-0.39, 0.29) is 5.82 Å². The van der Waals surface area contributed by atoms with E-state index in [0.717, 1.165) is 16.7 Å². The van der Waals surface area contributed by atoms with Crippen LogP contribution in [0.3, 0.4) is 0 Å². The summed E-state index contributed by atoms with van der Waals surface area (Å²) in [4.78, 5) is 2.40. The molecule has 0 spiro atoms. The van der Waals surface area contributed by atoms with Crippen molar-refractivity contribution >= 4 is 21.6 Å². The molecule has 1 N–H and O–H groups in total. The predicted octanol–water partition coefficient (Wildman–Crippen LogP) is 3.48. The predicted molar refractivity (Wildman–Crippen MR) is 72.9 cm³/mol. The van der Waals surface area contributed by atoms with Crippen LogP contribution in [0.15, 0.2) is 22.7 Å². The Hall–Kier alpha value is -0.610. The lowest BCUT2D eigenvalue weighted by molar-refractivity contribution is 0.194. The zero-order chi connectivity index (χ0) is 12.3. The van der Waals surface area contributed by atoms with Gasteiger partial charge in [0.25, 0.3) is 0 Å². The highest BCUT2D eigenvalue weighted by molar-refractivity contribution is 9.10. The van der Waals surface area contributed by atoms with Crippen LogP contribution in [-0.4, -0.2) is 31.1 Å². The molecule has 1 fully saturated rings. The van der Waals surface area contributed by atoms with Gasteiger partial charge in [0, 0.05) is 22.7 Å². The van der Waals surface area contributed by atoms with Crippen LogP contribution in [-0.2, 0) is 0 Å². The van der Waals surface area contributed by atoms with Crippen LogP contribution in [0.5, 0.6) is 0 Å². The maximum atomic E-state index is 12.9. The van der Waals surface area contributed by atoms with Gasteiger partial charge in [-0.1, -0.05) is 6.42 Å². The van der Waals surface area contributed by atoms with Crippen LogP contribution in [0.4, 0.5) is 10.1 Å². The van der Waals surface area contributed by atoms with Crippen LogP contribution >= 0.6 is 15.9 Å². The Balaban J connectivity index is 1.92. The van der Waals surface area contributed by atoms with Gasteiger partial charge in [0.2, 0.25) is 0 Å². The summed E-state index contributed by atoms with van der Waals surface area (Å²) < 4.78 is 13.7. The average molecular weight is 301 g/mol. The summed E-state index contributed by atoms with van der Waals surface area (Å²) in [5, 5.41) is 3.39. The van der Waals surface area contributed by atoms with Gasteiger partial charge in [-0.25, -0.2) is 4.39 Å². The van der Waals surface area contributed by atoms with Crippen molar-refractivity contribution in [2.75, 3.05) is 25.5 Å². The van der Waals surface area contributed by atoms with Gasteiger partial charge in [-0.3, -0.25) is 0 Å². The van der Waals surface area contributed by atoms with E-state index in [0.29, 0.717) is 6.04 Å². The molecule has 1 aliphatic heterocycles. The zero-order valence-corrected chi connectivity index (χ0v) is 11.6. The molecule has 1 unspecified atom stereocenters. The summed E-state index contributed by atoms with van der Waals surface area (Å²) in [5.74, 6) is -0.211. The maximum absolute atomic E-state index is 12.9. The number of nitrogens with one attached hydrogen (secondary N) is 1. The number of hydrogen-bond acceptors (Lipinski definition) is 2.